The lowest BCUT2D eigenvalue weighted by molar-refractivity contribution is -0.138. The second-order valence-electron chi connectivity index (χ2n) is 6.60. The van der Waals surface area contributed by atoms with Gasteiger partial charge in [-0.15, -0.1) is 0 Å². The number of carboxylic acid groups (broad SMARTS) is 1. The lowest BCUT2D eigenvalue weighted by Crippen LogP contribution is -2.50. The van der Waals surface area contributed by atoms with Crippen molar-refractivity contribution in [3.63, 3.8) is 0 Å². The van der Waals surface area contributed by atoms with Crippen molar-refractivity contribution in [2.75, 3.05) is 25.9 Å². The van der Waals surface area contributed by atoms with Crippen molar-refractivity contribution in [3.8, 4) is 0 Å². The number of sulfonamides is 1. The van der Waals surface area contributed by atoms with Gasteiger partial charge in [0, 0.05) is 30.7 Å². The van der Waals surface area contributed by atoms with E-state index in [4.69, 9.17) is 0 Å². The number of nitrogens with zero attached hydrogens (tertiary/aromatic N) is 3. The third-order valence-corrected chi connectivity index (χ3v) is 6.08. The van der Waals surface area contributed by atoms with Gasteiger partial charge in [0.15, 0.2) is 0 Å². The average molecular weight is 391 g/mol. The van der Waals surface area contributed by atoms with Gasteiger partial charge in [-0.1, -0.05) is 24.3 Å². The summed E-state index contributed by atoms with van der Waals surface area (Å²) in [6.07, 6.45) is 3.45. The van der Waals surface area contributed by atoms with Gasteiger partial charge < -0.3 is 10.0 Å². The maximum Gasteiger partial charge on any atom is 0.323 e. The summed E-state index contributed by atoms with van der Waals surface area (Å²) in [7, 11) is -3.30. The van der Waals surface area contributed by atoms with Crippen molar-refractivity contribution in [1.82, 2.24) is 14.2 Å². The predicted octanol–water partition coefficient (Wildman–Crippen LogP) is 1.19. The molecule has 0 aliphatic carbocycles. The van der Waals surface area contributed by atoms with E-state index < -0.39 is 28.4 Å². The number of rotatable bonds is 5. The standard InChI is InChI=1S/C18H21N3O5S/c1-27(25,26)20-10-7-14(8-11-20)21(12-16(22)23)18(24)17-15-5-3-2-4-13(15)6-9-19-17/h2-6,9,14H,7-8,10-12H2,1H3,(H,22,23). The van der Waals surface area contributed by atoms with E-state index >= 15 is 0 Å². The molecule has 9 heteroatoms. The fraction of sp³-hybridized carbons (Fsp3) is 0.389. The van der Waals surface area contributed by atoms with Gasteiger partial charge in [-0.25, -0.2) is 12.7 Å². The zero-order chi connectivity index (χ0) is 19.6. The lowest BCUT2D eigenvalue weighted by Gasteiger charge is -2.36. The number of benzene rings is 1. The first-order chi connectivity index (χ1) is 12.8. The SMILES string of the molecule is CS(=O)(=O)N1CCC(N(CC(=O)O)C(=O)c2nccc3ccccc23)CC1. The fourth-order valence-electron chi connectivity index (χ4n) is 3.42. The molecule has 1 N–H and O–H groups in total. The molecular formula is C18H21N3O5S. The van der Waals surface area contributed by atoms with Crippen molar-refractivity contribution in [2.24, 2.45) is 0 Å². The number of carbonyl (C=O) groups is 2. The van der Waals surface area contributed by atoms with Crippen LogP contribution in [0.5, 0.6) is 0 Å². The topological polar surface area (TPSA) is 108 Å². The Morgan fingerprint density at radius 2 is 1.89 bits per heavy atom. The predicted molar refractivity (Wildman–Crippen MR) is 99.9 cm³/mol. The van der Waals surface area contributed by atoms with Gasteiger partial charge >= 0.3 is 5.97 Å². The van der Waals surface area contributed by atoms with Crippen molar-refractivity contribution in [2.45, 2.75) is 18.9 Å². The van der Waals surface area contributed by atoms with Gasteiger partial charge in [0.2, 0.25) is 10.0 Å². The number of amides is 1. The van der Waals surface area contributed by atoms with Crippen LogP contribution >= 0.6 is 0 Å². The number of carboxylic acids is 1. The van der Waals surface area contributed by atoms with Crippen LogP contribution in [0.4, 0.5) is 0 Å². The Morgan fingerprint density at radius 1 is 1.22 bits per heavy atom. The Morgan fingerprint density at radius 3 is 2.52 bits per heavy atom. The number of hydrogen-bond donors (Lipinski definition) is 1. The molecule has 1 aromatic heterocycles. The van der Waals surface area contributed by atoms with Crippen LogP contribution in [0.2, 0.25) is 0 Å². The molecule has 1 aliphatic rings. The first kappa shape index (κ1) is 19.2. The molecule has 1 amide bonds. The lowest BCUT2D eigenvalue weighted by atomic mass is 10.0. The van der Waals surface area contributed by atoms with Crippen LogP contribution in [-0.2, 0) is 14.8 Å². The molecule has 0 radical (unpaired) electrons. The van der Waals surface area contributed by atoms with Crippen LogP contribution in [0.15, 0.2) is 36.5 Å². The third-order valence-electron chi connectivity index (χ3n) is 4.78. The summed E-state index contributed by atoms with van der Waals surface area (Å²) in [6.45, 7) is 0.0685. The van der Waals surface area contributed by atoms with E-state index in [0.717, 1.165) is 11.6 Å². The Labute approximate surface area is 157 Å². The molecule has 144 valence electrons. The van der Waals surface area contributed by atoms with Crippen LogP contribution in [0, 0.1) is 0 Å². The van der Waals surface area contributed by atoms with Crippen molar-refractivity contribution in [1.29, 1.82) is 0 Å². The molecule has 1 saturated heterocycles. The van der Waals surface area contributed by atoms with E-state index in [1.54, 1.807) is 18.2 Å². The quantitative estimate of drug-likeness (QED) is 0.820. The molecule has 1 aliphatic heterocycles. The zero-order valence-electron chi connectivity index (χ0n) is 14.9. The maximum atomic E-state index is 13.1. The van der Waals surface area contributed by atoms with E-state index in [0.29, 0.717) is 18.2 Å². The highest BCUT2D eigenvalue weighted by molar-refractivity contribution is 7.88. The van der Waals surface area contributed by atoms with E-state index in [2.05, 4.69) is 4.98 Å². The van der Waals surface area contributed by atoms with E-state index in [-0.39, 0.29) is 24.8 Å². The first-order valence-corrected chi connectivity index (χ1v) is 10.4. The molecule has 2 heterocycles. The van der Waals surface area contributed by atoms with Gasteiger partial charge in [0.05, 0.1) is 6.26 Å². The Balaban J connectivity index is 1.89. The monoisotopic (exact) mass is 391 g/mol. The molecule has 0 bridgehead atoms. The molecule has 1 aromatic carbocycles. The van der Waals surface area contributed by atoms with Crippen molar-refractivity contribution >= 4 is 32.7 Å². The summed E-state index contributed by atoms with van der Waals surface area (Å²) >= 11 is 0. The number of pyridine rings is 1. The van der Waals surface area contributed by atoms with Crippen LogP contribution in [0.1, 0.15) is 23.3 Å². The average Bonchev–Trinajstić information content (AvgIpc) is 2.64. The number of aromatic nitrogens is 1. The smallest absolute Gasteiger partial charge is 0.323 e. The normalized spacial score (nSPS) is 16.3. The molecule has 0 saturated carbocycles. The molecule has 8 nitrogen and oxygen atoms in total. The minimum atomic E-state index is -3.30. The minimum absolute atomic E-state index is 0.208. The van der Waals surface area contributed by atoms with Crippen molar-refractivity contribution < 1.29 is 23.1 Å². The molecule has 2 aromatic rings. The second kappa shape index (κ2) is 7.61. The van der Waals surface area contributed by atoms with Gasteiger partial charge in [-0.3, -0.25) is 14.6 Å². The minimum Gasteiger partial charge on any atom is -0.480 e. The number of hydrogen-bond acceptors (Lipinski definition) is 5. The number of piperidine rings is 1. The Hall–Kier alpha value is -2.52. The summed E-state index contributed by atoms with van der Waals surface area (Å²) in [6, 6.07) is 8.73. The van der Waals surface area contributed by atoms with Gasteiger partial charge in [0.25, 0.3) is 5.91 Å². The zero-order valence-corrected chi connectivity index (χ0v) is 15.7. The van der Waals surface area contributed by atoms with Gasteiger partial charge in [-0.05, 0) is 24.3 Å². The summed E-state index contributed by atoms with van der Waals surface area (Å²) in [5, 5.41) is 10.8. The summed E-state index contributed by atoms with van der Waals surface area (Å²) in [5.41, 5.74) is 0.208. The number of aliphatic carboxylic acids is 1. The van der Waals surface area contributed by atoms with E-state index in [1.165, 1.54) is 15.4 Å². The van der Waals surface area contributed by atoms with E-state index in [9.17, 15) is 23.1 Å². The largest absolute Gasteiger partial charge is 0.480 e. The molecule has 0 unspecified atom stereocenters. The van der Waals surface area contributed by atoms with Gasteiger partial charge in [-0.2, -0.15) is 0 Å². The first-order valence-electron chi connectivity index (χ1n) is 8.59. The molecule has 0 spiro atoms. The van der Waals surface area contributed by atoms with Crippen LogP contribution in [0.25, 0.3) is 10.8 Å². The summed E-state index contributed by atoms with van der Waals surface area (Å²) < 4.78 is 24.7. The van der Waals surface area contributed by atoms with Gasteiger partial charge in [0.1, 0.15) is 12.2 Å². The van der Waals surface area contributed by atoms with Crippen LogP contribution in [0.3, 0.4) is 0 Å². The number of carbonyl (C=O) groups excluding carboxylic acids is 1. The molecule has 1 fully saturated rings. The molecule has 3 rings (SSSR count). The third kappa shape index (κ3) is 4.25. The highest BCUT2D eigenvalue weighted by Gasteiger charge is 2.33. The Bertz CT molecular complexity index is 963. The highest BCUT2D eigenvalue weighted by atomic mass is 32.2. The molecular weight excluding hydrogens is 370 g/mol. The maximum absolute atomic E-state index is 13.1. The van der Waals surface area contributed by atoms with Crippen molar-refractivity contribution in [3.05, 3.63) is 42.2 Å². The highest BCUT2D eigenvalue weighted by Crippen LogP contribution is 2.23. The van der Waals surface area contributed by atoms with E-state index in [1.807, 2.05) is 12.1 Å². The molecule has 27 heavy (non-hydrogen) atoms. The number of fused-ring (bicyclic) bond motifs is 1. The summed E-state index contributed by atoms with van der Waals surface area (Å²) in [5.74, 6) is -1.57. The van der Waals surface area contributed by atoms with Crippen LogP contribution in [-0.4, -0.2) is 71.5 Å². The van der Waals surface area contributed by atoms with Crippen LogP contribution < -0.4 is 0 Å². The fourth-order valence-corrected chi connectivity index (χ4v) is 4.30. The second-order valence-corrected chi connectivity index (χ2v) is 8.58. The summed E-state index contributed by atoms with van der Waals surface area (Å²) in [4.78, 5) is 30.0. The Kier molecular flexibility index (Phi) is 5.43. The molecule has 0 atom stereocenters.